The Kier molecular flexibility index (Phi) is 6.79. The normalized spacial score (nSPS) is 10.6. The fourth-order valence-corrected chi connectivity index (χ4v) is 3.44. The lowest BCUT2D eigenvalue weighted by molar-refractivity contribution is -0.118. The van der Waals surface area contributed by atoms with Crippen LogP contribution in [-0.4, -0.2) is 34.9 Å². The molecule has 3 aromatic rings. The molecule has 0 saturated heterocycles. The van der Waals surface area contributed by atoms with Crippen molar-refractivity contribution in [2.75, 3.05) is 19.4 Å². The quantitative estimate of drug-likeness (QED) is 0.580. The maximum atomic E-state index is 12.1. The SMILES string of the molecule is COc1ccc(-n2ccnc2SCC(=O)NCCc2ccc(Cl)cc2)cc1. The molecule has 1 N–H and O–H groups in total. The first-order valence-electron chi connectivity index (χ1n) is 8.47. The molecule has 0 atom stereocenters. The fraction of sp³-hybridized carbons (Fsp3) is 0.200. The average Bonchev–Trinajstić information content (AvgIpc) is 3.16. The Morgan fingerprint density at radius 2 is 1.93 bits per heavy atom. The molecule has 27 heavy (non-hydrogen) atoms. The van der Waals surface area contributed by atoms with Gasteiger partial charge in [0.15, 0.2) is 5.16 Å². The van der Waals surface area contributed by atoms with Crippen molar-refractivity contribution in [3.8, 4) is 11.4 Å². The van der Waals surface area contributed by atoms with Crippen LogP contribution in [0.5, 0.6) is 5.75 Å². The number of hydrogen-bond acceptors (Lipinski definition) is 4. The smallest absolute Gasteiger partial charge is 0.230 e. The van der Waals surface area contributed by atoms with E-state index in [0.717, 1.165) is 28.6 Å². The molecule has 7 heteroatoms. The molecule has 0 unspecified atom stereocenters. The van der Waals surface area contributed by atoms with Crippen LogP contribution in [-0.2, 0) is 11.2 Å². The molecule has 0 spiro atoms. The molecule has 1 aromatic heterocycles. The Bertz CT molecular complexity index is 879. The van der Waals surface area contributed by atoms with Crippen LogP contribution in [0.4, 0.5) is 0 Å². The number of thioether (sulfide) groups is 1. The first-order valence-corrected chi connectivity index (χ1v) is 9.84. The number of benzene rings is 2. The number of nitrogens with zero attached hydrogens (tertiary/aromatic N) is 2. The Hall–Kier alpha value is -2.44. The second-order valence-electron chi connectivity index (χ2n) is 5.79. The molecular weight excluding hydrogens is 382 g/mol. The minimum Gasteiger partial charge on any atom is -0.497 e. The number of ether oxygens (including phenoxy) is 1. The van der Waals surface area contributed by atoms with E-state index in [1.165, 1.54) is 11.8 Å². The van der Waals surface area contributed by atoms with Gasteiger partial charge in [0.05, 0.1) is 12.9 Å². The number of carbonyl (C=O) groups excluding carboxylic acids is 1. The van der Waals surface area contributed by atoms with E-state index in [1.807, 2.05) is 59.3 Å². The standard InChI is InChI=1S/C20H20ClN3O2S/c1-26-18-8-6-17(7-9-18)24-13-12-23-20(24)27-14-19(25)22-11-10-15-2-4-16(21)5-3-15/h2-9,12-13H,10-11,14H2,1H3,(H,22,25). The highest BCUT2D eigenvalue weighted by molar-refractivity contribution is 7.99. The molecule has 0 bridgehead atoms. The third-order valence-electron chi connectivity index (χ3n) is 3.94. The summed E-state index contributed by atoms with van der Waals surface area (Å²) in [5.41, 5.74) is 2.11. The molecule has 1 amide bonds. The summed E-state index contributed by atoms with van der Waals surface area (Å²) in [7, 11) is 1.64. The predicted molar refractivity (Wildman–Crippen MR) is 109 cm³/mol. The highest BCUT2D eigenvalue weighted by Gasteiger charge is 2.09. The number of rotatable bonds is 8. The van der Waals surface area contributed by atoms with Crippen molar-refractivity contribution in [3.05, 3.63) is 71.5 Å². The van der Waals surface area contributed by atoms with Gasteiger partial charge in [-0.15, -0.1) is 0 Å². The highest BCUT2D eigenvalue weighted by atomic mass is 35.5. The minimum atomic E-state index is -0.0155. The number of imidazole rings is 1. The first-order chi connectivity index (χ1) is 13.2. The van der Waals surface area contributed by atoms with E-state index in [4.69, 9.17) is 16.3 Å². The Morgan fingerprint density at radius 3 is 2.63 bits per heavy atom. The van der Waals surface area contributed by atoms with E-state index in [0.29, 0.717) is 17.3 Å². The predicted octanol–water partition coefficient (Wildman–Crippen LogP) is 3.99. The van der Waals surface area contributed by atoms with Crippen molar-refractivity contribution in [1.29, 1.82) is 0 Å². The van der Waals surface area contributed by atoms with Gasteiger partial charge >= 0.3 is 0 Å². The second-order valence-corrected chi connectivity index (χ2v) is 7.17. The highest BCUT2D eigenvalue weighted by Crippen LogP contribution is 2.22. The van der Waals surface area contributed by atoms with Crippen molar-refractivity contribution < 1.29 is 9.53 Å². The monoisotopic (exact) mass is 401 g/mol. The zero-order chi connectivity index (χ0) is 19.1. The van der Waals surface area contributed by atoms with E-state index in [-0.39, 0.29) is 5.91 Å². The summed E-state index contributed by atoms with van der Waals surface area (Å²) in [6.07, 6.45) is 4.38. The third-order valence-corrected chi connectivity index (χ3v) is 5.16. The van der Waals surface area contributed by atoms with Crippen LogP contribution in [0.1, 0.15) is 5.56 Å². The van der Waals surface area contributed by atoms with Crippen LogP contribution in [0.2, 0.25) is 5.02 Å². The van der Waals surface area contributed by atoms with Crippen LogP contribution < -0.4 is 10.1 Å². The molecule has 0 aliphatic heterocycles. The van der Waals surface area contributed by atoms with Crippen LogP contribution >= 0.6 is 23.4 Å². The zero-order valence-electron chi connectivity index (χ0n) is 14.9. The Balaban J connectivity index is 1.49. The van der Waals surface area contributed by atoms with Gasteiger partial charge in [0, 0.05) is 29.6 Å². The van der Waals surface area contributed by atoms with Gasteiger partial charge in [-0.2, -0.15) is 0 Å². The van der Waals surface area contributed by atoms with Crippen molar-refractivity contribution in [2.45, 2.75) is 11.6 Å². The van der Waals surface area contributed by atoms with Gasteiger partial charge in [0.25, 0.3) is 0 Å². The summed E-state index contributed by atoms with van der Waals surface area (Å²) in [5, 5.41) is 4.42. The lowest BCUT2D eigenvalue weighted by atomic mass is 10.1. The van der Waals surface area contributed by atoms with Crippen molar-refractivity contribution in [2.24, 2.45) is 0 Å². The molecule has 0 fully saturated rings. The maximum absolute atomic E-state index is 12.1. The maximum Gasteiger partial charge on any atom is 0.230 e. The molecule has 1 heterocycles. The van der Waals surface area contributed by atoms with Gasteiger partial charge in [0.2, 0.25) is 5.91 Å². The van der Waals surface area contributed by atoms with Crippen LogP contribution in [0, 0.1) is 0 Å². The van der Waals surface area contributed by atoms with Gasteiger partial charge in [-0.1, -0.05) is 35.5 Å². The molecule has 5 nitrogen and oxygen atoms in total. The lowest BCUT2D eigenvalue weighted by Gasteiger charge is -2.09. The van der Waals surface area contributed by atoms with Crippen LogP contribution in [0.15, 0.2) is 66.1 Å². The summed E-state index contributed by atoms with van der Waals surface area (Å²) in [4.78, 5) is 16.5. The van der Waals surface area contributed by atoms with E-state index in [2.05, 4.69) is 10.3 Å². The van der Waals surface area contributed by atoms with Crippen LogP contribution in [0.25, 0.3) is 5.69 Å². The summed E-state index contributed by atoms with van der Waals surface area (Å²) >= 11 is 7.28. The number of amides is 1. The molecule has 0 saturated carbocycles. The third kappa shape index (κ3) is 5.52. The topological polar surface area (TPSA) is 56.2 Å². The summed E-state index contributed by atoms with van der Waals surface area (Å²) in [5.74, 6) is 1.10. The first kappa shape index (κ1) is 19.3. The molecule has 0 radical (unpaired) electrons. The molecule has 2 aromatic carbocycles. The molecular formula is C20H20ClN3O2S. The summed E-state index contributed by atoms with van der Waals surface area (Å²) < 4.78 is 7.13. The van der Waals surface area contributed by atoms with E-state index in [9.17, 15) is 4.79 Å². The number of nitrogens with one attached hydrogen (secondary N) is 1. The van der Waals surface area contributed by atoms with Crippen molar-refractivity contribution >= 4 is 29.3 Å². The second kappa shape index (κ2) is 9.48. The van der Waals surface area contributed by atoms with Gasteiger partial charge in [0.1, 0.15) is 5.75 Å². The van der Waals surface area contributed by atoms with Gasteiger partial charge in [-0.3, -0.25) is 9.36 Å². The number of methoxy groups -OCH3 is 1. The number of carbonyl (C=O) groups is 1. The number of aromatic nitrogens is 2. The van der Waals surface area contributed by atoms with E-state index in [1.54, 1.807) is 13.3 Å². The van der Waals surface area contributed by atoms with Crippen LogP contribution in [0.3, 0.4) is 0 Å². The largest absolute Gasteiger partial charge is 0.497 e. The van der Waals surface area contributed by atoms with Gasteiger partial charge < -0.3 is 10.1 Å². The Morgan fingerprint density at radius 1 is 1.19 bits per heavy atom. The fourth-order valence-electron chi connectivity index (χ4n) is 2.51. The van der Waals surface area contributed by atoms with E-state index < -0.39 is 0 Å². The molecule has 140 valence electrons. The van der Waals surface area contributed by atoms with Crippen molar-refractivity contribution in [3.63, 3.8) is 0 Å². The van der Waals surface area contributed by atoms with Gasteiger partial charge in [-0.25, -0.2) is 4.98 Å². The van der Waals surface area contributed by atoms with Crippen molar-refractivity contribution in [1.82, 2.24) is 14.9 Å². The minimum absolute atomic E-state index is 0.0155. The number of halogens is 1. The molecule has 0 aliphatic rings. The lowest BCUT2D eigenvalue weighted by Crippen LogP contribution is -2.27. The number of hydrogen-bond donors (Lipinski definition) is 1. The molecule has 3 rings (SSSR count). The van der Waals surface area contributed by atoms with E-state index >= 15 is 0 Å². The molecule has 0 aliphatic carbocycles. The Labute approximate surface area is 167 Å². The zero-order valence-corrected chi connectivity index (χ0v) is 16.5. The summed E-state index contributed by atoms with van der Waals surface area (Å²) in [6.45, 7) is 0.591. The van der Waals surface area contributed by atoms with Gasteiger partial charge in [-0.05, 0) is 48.4 Å². The summed E-state index contributed by atoms with van der Waals surface area (Å²) in [6, 6.07) is 15.3. The average molecular weight is 402 g/mol.